The molecule has 0 aliphatic rings. The number of nitro benzene ring substituents is 1. The Hall–Kier alpha value is -3.62. The molecule has 0 spiro atoms. The van der Waals surface area contributed by atoms with Gasteiger partial charge in [0.1, 0.15) is 6.54 Å². The largest absolute Gasteiger partial charge is 0.324 e. The number of anilines is 1. The second-order valence-corrected chi connectivity index (χ2v) is 5.81. The first-order chi connectivity index (χ1) is 12.4. The van der Waals surface area contributed by atoms with E-state index in [4.69, 9.17) is 0 Å². The highest BCUT2D eigenvalue weighted by Crippen LogP contribution is 2.19. The summed E-state index contributed by atoms with van der Waals surface area (Å²) in [6.07, 6.45) is 0. The first-order valence-corrected chi connectivity index (χ1v) is 7.82. The third-order valence-corrected chi connectivity index (χ3v) is 3.73. The molecule has 1 heterocycles. The molecule has 3 aromatic rings. The van der Waals surface area contributed by atoms with E-state index >= 15 is 0 Å². The van der Waals surface area contributed by atoms with Crippen molar-refractivity contribution in [2.24, 2.45) is 0 Å². The van der Waals surface area contributed by atoms with Gasteiger partial charge in [-0.3, -0.25) is 14.9 Å². The Morgan fingerprint density at radius 3 is 2.58 bits per heavy atom. The van der Waals surface area contributed by atoms with Crippen molar-refractivity contribution in [1.29, 1.82) is 0 Å². The van der Waals surface area contributed by atoms with E-state index in [1.807, 2.05) is 32.0 Å². The molecule has 1 N–H and O–H groups in total. The quantitative estimate of drug-likeness (QED) is 0.557. The number of nitrogens with one attached hydrogen (secondary N) is 1. The number of carbonyl (C=O) groups excluding carboxylic acids is 1. The van der Waals surface area contributed by atoms with Gasteiger partial charge < -0.3 is 5.32 Å². The highest BCUT2D eigenvalue weighted by molar-refractivity contribution is 5.91. The minimum atomic E-state index is -0.481. The van der Waals surface area contributed by atoms with Crippen LogP contribution in [0.1, 0.15) is 11.1 Å². The maximum atomic E-state index is 12.2. The molecule has 26 heavy (non-hydrogen) atoms. The fraction of sp³-hybridized carbons (Fsp3) is 0.176. The zero-order chi connectivity index (χ0) is 18.7. The number of aryl methyl sites for hydroxylation is 2. The minimum absolute atomic E-state index is 0.0195. The Morgan fingerprint density at radius 2 is 1.92 bits per heavy atom. The highest BCUT2D eigenvalue weighted by Gasteiger charge is 2.12. The van der Waals surface area contributed by atoms with Crippen molar-refractivity contribution < 1.29 is 9.72 Å². The van der Waals surface area contributed by atoms with Gasteiger partial charge in [-0.05, 0) is 42.8 Å². The van der Waals surface area contributed by atoms with Crippen molar-refractivity contribution in [3.05, 3.63) is 63.7 Å². The number of hydrogen-bond acceptors (Lipinski definition) is 6. The molecule has 9 nitrogen and oxygen atoms in total. The van der Waals surface area contributed by atoms with Crippen molar-refractivity contribution in [1.82, 2.24) is 20.2 Å². The number of non-ortho nitro benzene ring substituents is 1. The number of nitro groups is 1. The van der Waals surface area contributed by atoms with Crippen LogP contribution in [0.15, 0.2) is 42.5 Å². The van der Waals surface area contributed by atoms with Crippen LogP contribution in [0.3, 0.4) is 0 Å². The predicted molar refractivity (Wildman–Crippen MR) is 94.5 cm³/mol. The number of carbonyl (C=O) groups is 1. The van der Waals surface area contributed by atoms with E-state index in [0.717, 1.165) is 16.8 Å². The van der Waals surface area contributed by atoms with E-state index in [9.17, 15) is 14.9 Å². The molecule has 0 aliphatic carbocycles. The Balaban J connectivity index is 1.67. The van der Waals surface area contributed by atoms with Gasteiger partial charge in [-0.2, -0.15) is 4.80 Å². The molecular formula is C17H16N6O3. The van der Waals surface area contributed by atoms with Crippen molar-refractivity contribution >= 4 is 17.3 Å². The maximum Gasteiger partial charge on any atom is 0.269 e. The molecule has 9 heteroatoms. The molecule has 0 saturated carbocycles. The van der Waals surface area contributed by atoms with Crippen LogP contribution in [-0.4, -0.2) is 31.0 Å². The second-order valence-electron chi connectivity index (χ2n) is 5.81. The maximum absolute atomic E-state index is 12.2. The lowest BCUT2D eigenvalue weighted by Crippen LogP contribution is -2.21. The summed E-state index contributed by atoms with van der Waals surface area (Å²) >= 11 is 0. The van der Waals surface area contributed by atoms with Gasteiger partial charge in [0.15, 0.2) is 0 Å². The van der Waals surface area contributed by atoms with Crippen molar-refractivity contribution in [3.63, 3.8) is 0 Å². The van der Waals surface area contributed by atoms with Gasteiger partial charge in [0.2, 0.25) is 11.7 Å². The van der Waals surface area contributed by atoms with Crippen molar-refractivity contribution in [2.45, 2.75) is 20.4 Å². The van der Waals surface area contributed by atoms with Gasteiger partial charge in [0.25, 0.3) is 5.69 Å². The molecule has 0 fully saturated rings. The molecule has 0 atom stereocenters. The Bertz CT molecular complexity index is 965. The van der Waals surface area contributed by atoms with Crippen LogP contribution in [0.2, 0.25) is 0 Å². The minimum Gasteiger partial charge on any atom is -0.324 e. The normalized spacial score (nSPS) is 10.5. The molecule has 2 aromatic carbocycles. The summed E-state index contributed by atoms with van der Waals surface area (Å²) in [5.41, 5.74) is 3.38. The summed E-state index contributed by atoms with van der Waals surface area (Å²) in [7, 11) is 0. The van der Waals surface area contributed by atoms with E-state index in [1.54, 1.807) is 0 Å². The van der Waals surface area contributed by atoms with Gasteiger partial charge >= 0.3 is 0 Å². The third-order valence-electron chi connectivity index (χ3n) is 3.73. The molecule has 0 aliphatic heterocycles. The van der Waals surface area contributed by atoms with Gasteiger partial charge in [0, 0.05) is 23.4 Å². The van der Waals surface area contributed by atoms with E-state index < -0.39 is 4.92 Å². The van der Waals surface area contributed by atoms with E-state index in [-0.39, 0.29) is 18.1 Å². The van der Waals surface area contributed by atoms with Crippen LogP contribution >= 0.6 is 0 Å². The van der Waals surface area contributed by atoms with Crippen LogP contribution in [-0.2, 0) is 11.3 Å². The van der Waals surface area contributed by atoms with Gasteiger partial charge in [-0.15, -0.1) is 10.2 Å². The molecule has 0 bridgehead atoms. The zero-order valence-corrected chi connectivity index (χ0v) is 14.2. The lowest BCUT2D eigenvalue weighted by Gasteiger charge is -2.08. The fourth-order valence-electron chi connectivity index (χ4n) is 2.43. The molecule has 3 rings (SSSR count). The molecule has 0 radical (unpaired) electrons. The van der Waals surface area contributed by atoms with Gasteiger partial charge in [-0.1, -0.05) is 17.7 Å². The van der Waals surface area contributed by atoms with Crippen LogP contribution in [0, 0.1) is 24.0 Å². The number of amides is 1. The average molecular weight is 352 g/mol. The van der Waals surface area contributed by atoms with E-state index in [2.05, 4.69) is 20.7 Å². The van der Waals surface area contributed by atoms with Crippen molar-refractivity contribution in [2.75, 3.05) is 5.32 Å². The third kappa shape index (κ3) is 3.89. The molecule has 0 unspecified atom stereocenters. The number of nitrogens with zero attached hydrogens (tertiary/aromatic N) is 5. The molecule has 132 valence electrons. The summed E-state index contributed by atoms with van der Waals surface area (Å²) in [6, 6.07) is 11.6. The molecular weight excluding hydrogens is 336 g/mol. The lowest BCUT2D eigenvalue weighted by atomic mass is 10.1. The first-order valence-electron chi connectivity index (χ1n) is 7.82. The smallest absolute Gasteiger partial charge is 0.269 e. The van der Waals surface area contributed by atoms with E-state index in [1.165, 1.54) is 29.1 Å². The lowest BCUT2D eigenvalue weighted by molar-refractivity contribution is -0.384. The number of tetrazole rings is 1. The number of benzene rings is 2. The Morgan fingerprint density at radius 1 is 1.19 bits per heavy atom. The highest BCUT2D eigenvalue weighted by atomic mass is 16.6. The number of hydrogen-bond donors (Lipinski definition) is 1. The zero-order valence-electron chi connectivity index (χ0n) is 14.2. The fourth-order valence-corrected chi connectivity index (χ4v) is 2.43. The topological polar surface area (TPSA) is 116 Å². The Kier molecular flexibility index (Phi) is 4.70. The van der Waals surface area contributed by atoms with Gasteiger partial charge in [-0.25, -0.2) is 0 Å². The average Bonchev–Trinajstić information content (AvgIpc) is 3.06. The monoisotopic (exact) mass is 352 g/mol. The van der Waals surface area contributed by atoms with Crippen LogP contribution in [0.25, 0.3) is 11.4 Å². The Labute approximate surface area is 148 Å². The molecule has 1 amide bonds. The summed E-state index contributed by atoms with van der Waals surface area (Å²) < 4.78 is 0. The standard InChI is InChI=1S/C17H16N6O3/c1-11-3-8-15(12(2)9-11)18-16(24)10-22-20-17(19-21-22)13-4-6-14(7-5-13)23(25)26/h3-9H,10H2,1-2H3,(H,18,24). The molecule has 0 saturated heterocycles. The number of aromatic nitrogens is 4. The van der Waals surface area contributed by atoms with E-state index in [0.29, 0.717) is 11.4 Å². The first kappa shape index (κ1) is 17.2. The van der Waals surface area contributed by atoms with Crippen LogP contribution < -0.4 is 5.32 Å². The summed E-state index contributed by atoms with van der Waals surface area (Å²) in [5, 5.41) is 25.4. The summed E-state index contributed by atoms with van der Waals surface area (Å²) in [6.45, 7) is 3.81. The van der Waals surface area contributed by atoms with Gasteiger partial charge in [0.05, 0.1) is 4.92 Å². The SMILES string of the molecule is Cc1ccc(NC(=O)Cn2nnc(-c3ccc([N+](=O)[O-])cc3)n2)c(C)c1. The summed E-state index contributed by atoms with van der Waals surface area (Å²) in [5.74, 6) is 0.0174. The summed E-state index contributed by atoms with van der Waals surface area (Å²) in [4.78, 5) is 23.5. The molecule has 1 aromatic heterocycles. The van der Waals surface area contributed by atoms with Crippen molar-refractivity contribution in [3.8, 4) is 11.4 Å². The van der Waals surface area contributed by atoms with Crippen LogP contribution in [0.4, 0.5) is 11.4 Å². The second kappa shape index (κ2) is 7.09. The number of rotatable bonds is 5. The predicted octanol–water partition coefficient (Wildman–Crippen LogP) is 2.50. The van der Waals surface area contributed by atoms with Crippen LogP contribution in [0.5, 0.6) is 0 Å².